The Balaban J connectivity index is 1.97. The van der Waals surface area contributed by atoms with Gasteiger partial charge in [0.15, 0.2) is 0 Å². The Bertz CT molecular complexity index is 1080. The molecule has 0 aliphatic heterocycles. The lowest BCUT2D eigenvalue weighted by Crippen LogP contribution is -2.12. The zero-order valence-electron chi connectivity index (χ0n) is 14.1. The number of aryl methyl sites for hydroxylation is 1. The minimum Gasteiger partial charge on any atom is -0.358 e. The molecule has 0 fully saturated rings. The van der Waals surface area contributed by atoms with Crippen LogP contribution in [-0.2, 0) is 16.5 Å². The van der Waals surface area contributed by atoms with Crippen molar-refractivity contribution in [3.05, 3.63) is 76.2 Å². The molecule has 1 aromatic heterocycles. The van der Waals surface area contributed by atoms with E-state index >= 15 is 0 Å². The van der Waals surface area contributed by atoms with Gasteiger partial charge in [-0.1, -0.05) is 6.92 Å². The number of halogens is 1. The first-order chi connectivity index (χ1) is 12.8. The van der Waals surface area contributed by atoms with Crippen molar-refractivity contribution in [3.63, 3.8) is 0 Å². The summed E-state index contributed by atoms with van der Waals surface area (Å²) >= 11 is 0. The number of non-ortho nitro benzene ring substituents is 1. The molecule has 0 radical (unpaired) electrons. The van der Waals surface area contributed by atoms with Crippen molar-refractivity contribution < 1.29 is 21.9 Å². The summed E-state index contributed by atoms with van der Waals surface area (Å²) in [4.78, 5) is 9.83. The van der Waals surface area contributed by atoms with Crippen LogP contribution in [0.2, 0.25) is 0 Å². The van der Waals surface area contributed by atoms with Gasteiger partial charge < -0.3 is 4.18 Å². The highest BCUT2D eigenvalue weighted by Gasteiger charge is 2.22. The first-order valence-corrected chi connectivity index (χ1v) is 9.25. The average molecular weight is 391 g/mol. The van der Waals surface area contributed by atoms with Gasteiger partial charge in [-0.25, -0.2) is 4.39 Å². The normalized spacial score (nSPS) is 11.3. The summed E-state index contributed by atoms with van der Waals surface area (Å²) in [6.45, 7) is 1.84. The predicted molar refractivity (Wildman–Crippen MR) is 93.8 cm³/mol. The second kappa shape index (κ2) is 7.16. The highest BCUT2D eigenvalue weighted by atomic mass is 32.2. The van der Waals surface area contributed by atoms with Gasteiger partial charge in [-0.2, -0.15) is 18.2 Å². The molecular formula is C17H14FN3O5S. The van der Waals surface area contributed by atoms with Crippen LogP contribution in [0.1, 0.15) is 12.6 Å². The maximum Gasteiger partial charge on any atom is 0.340 e. The third-order valence-corrected chi connectivity index (χ3v) is 4.93. The van der Waals surface area contributed by atoms with Crippen LogP contribution >= 0.6 is 0 Å². The number of nitrogens with zero attached hydrogens (tertiary/aromatic N) is 3. The van der Waals surface area contributed by atoms with Crippen molar-refractivity contribution >= 4 is 15.8 Å². The highest BCUT2D eigenvalue weighted by molar-refractivity contribution is 7.87. The number of nitro benzene ring substituents is 1. The fourth-order valence-electron chi connectivity index (χ4n) is 2.30. The lowest BCUT2D eigenvalue weighted by atomic mass is 10.3. The maximum absolute atomic E-state index is 13.2. The molecule has 10 heteroatoms. The minimum atomic E-state index is -4.25. The number of hydrogen-bond donors (Lipinski definition) is 0. The molecule has 0 aliphatic carbocycles. The zero-order valence-corrected chi connectivity index (χ0v) is 14.9. The maximum atomic E-state index is 13.2. The van der Waals surface area contributed by atoms with E-state index in [1.165, 1.54) is 35.0 Å². The summed E-state index contributed by atoms with van der Waals surface area (Å²) in [5, 5.41) is 15.0. The van der Waals surface area contributed by atoms with Crippen molar-refractivity contribution in [2.24, 2.45) is 0 Å². The van der Waals surface area contributed by atoms with Gasteiger partial charge in [-0.15, -0.1) is 0 Å². The molecule has 0 saturated carbocycles. The lowest BCUT2D eigenvalue weighted by molar-refractivity contribution is -0.384. The van der Waals surface area contributed by atoms with Gasteiger partial charge in [0.05, 0.1) is 16.3 Å². The van der Waals surface area contributed by atoms with E-state index in [1.54, 1.807) is 0 Å². The van der Waals surface area contributed by atoms with E-state index in [-0.39, 0.29) is 16.5 Å². The van der Waals surface area contributed by atoms with Crippen LogP contribution in [0, 0.1) is 15.9 Å². The molecule has 8 nitrogen and oxygen atoms in total. The van der Waals surface area contributed by atoms with Crippen molar-refractivity contribution in [2.75, 3.05) is 0 Å². The van der Waals surface area contributed by atoms with Gasteiger partial charge in [0.25, 0.3) is 5.69 Å². The molecule has 3 aromatic rings. The molecule has 0 amide bonds. The Morgan fingerprint density at radius 1 is 1.15 bits per heavy atom. The van der Waals surface area contributed by atoms with Gasteiger partial charge in [0, 0.05) is 18.2 Å². The smallest absolute Gasteiger partial charge is 0.340 e. The molecule has 0 N–H and O–H groups in total. The van der Waals surface area contributed by atoms with Crippen LogP contribution in [0.25, 0.3) is 5.69 Å². The fourth-order valence-corrected chi connectivity index (χ4v) is 3.21. The Morgan fingerprint density at radius 2 is 1.78 bits per heavy atom. The first kappa shape index (κ1) is 18.5. The van der Waals surface area contributed by atoms with Crippen LogP contribution in [-0.4, -0.2) is 23.1 Å². The molecule has 140 valence electrons. The zero-order chi connectivity index (χ0) is 19.6. The largest absolute Gasteiger partial charge is 0.358 e. The van der Waals surface area contributed by atoms with E-state index in [0.29, 0.717) is 17.8 Å². The first-order valence-electron chi connectivity index (χ1n) is 7.84. The van der Waals surface area contributed by atoms with E-state index in [1.807, 2.05) is 6.92 Å². The van der Waals surface area contributed by atoms with Crippen LogP contribution < -0.4 is 4.18 Å². The number of rotatable bonds is 6. The van der Waals surface area contributed by atoms with E-state index in [0.717, 1.165) is 24.3 Å². The van der Waals surface area contributed by atoms with E-state index in [2.05, 4.69) is 5.10 Å². The number of nitro groups is 1. The number of hydrogen-bond acceptors (Lipinski definition) is 6. The minimum absolute atomic E-state index is 0.0724. The summed E-state index contributed by atoms with van der Waals surface area (Å²) in [6.07, 6.45) is 0.530. The summed E-state index contributed by atoms with van der Waals surface area (Å²) in [5.41, 5.74) is 0.761. The summed E-state index contributed by atoms with van der Waals surface area (Å²) in [6, 6.07) is 11.1. The Labute approximate surface area is 154 Å². The van der Waals surface area contributed by atoms with Crippen LogP contribution in [0.15, 0.2) is 59.5 Å². The van der Waals surface area contributed by atoms with Crippen LogP contribution in [0.5, 0.6) is 5.88 Å². The average Bonchev–Trinajstić information content (AvgIpc) is 3.04. The molecule has 0 unspecified atom stereocenters. The molecule has 0 bridgehead atoms. The monoisotopic (exact) mass is 391 g/mol. The second-order valence-electron chi connectivity index (χ2n) is 5.50. The molecule has 3 rings (SSSR count). The molecule has 0 saturated heterocycles. The summed E-state index contributed by atoms with van der Waals surface area (Å²) < 4.78 is 44.6. The predicted octanol–water partition coefficient (Wildman–Crippen LogP) is 3.25. The molecule has 0 atom stereocenters. The quantitative estimate of drug-likeness (QED) is 0.363. The van der Waals surface area contributed by atoms with E-state index in [4.69, 9.17) is 4.18 Å². The number of benzene rings is 2. The van der Waals surface area contributed by atoms with Gasteiger partial charge in [-0.05, 0) is 42.8 Å². The van der Waals surface area contributed by atoms with Crippen molar-refractivity contribution in [1.29, 1.82) is 0 Å². The van der Waals surface area contributed by atoms with E-state index in [9.17, 15) is 22.9 Å². The Hall–Kier alpha value is -3.27. The topological polar surface area (TPSA) is 104 Å². The lowest BCUT2D eigenvalue weighted by Gasteiger charge is -2.09. The van der Waals surface area contributed by atoms with Gasteiger partial charge in [-0.3, -0.25) is 10.1 Å². The molecule has 0 spiro atoms. The van der Waals surface area contributed by atoms with Gasteiger partial charge in [0.2, 0.25) is 5.88 Å². The summed E-state index contributed by atoms with van der Waals surface area (Å²) in [7, 11) is -4.25. The Morgan fingerprint density at radius 3 is 2.33 bits per heavy atom. The molecular weight excluding hydrogens is 377 g/mol. The molecule has 27 heavy (non-hydrogen) atoms. The van der Waals surface area contributed by atoms with Crippen molar-refractivity contribution in [2.45, 2.75) is 18.2 Å². The van der Waals surface area contributed by atoms with Gasteiger partial charge >= 0.3 is 10.1 Å². The second-order valence-corrected chi connectivity index (χ2v) is 7.05. The summed E-state index contributed by atoms with van der Waals surface area (Å²) in [5.74, 6) is -0.514. The molecule has 2 aromatic carbocycles. The third-order valence-electron chi connectivity index (χ3n) is 3.69. The van der Waals surface area contributed by atoms with Crippen molar-refractivity contribution in [3.8, 4) is 11.6 Å². The van der Waals surface area contributed by atoms with Crippen molar-refractivity contribution in [1.82, 2.24) is 9.78 Å². The molecule has 0 aliphatic rings. The molecule has 1 heterocycles. The van der Waals surface area contributed by atoms with Gasteiger partial charge in [0.1, 0.15) is 10.7 Å². The van der Waals surface area contributed by atoms with E-state index < -0.39 is 20.9 Å². The highest BCUT2D eigenvalue weighted by Crippen LogP contribution is 2.25. The van der Waals surface area contributed by atoms with Crippen LogP contribution in [0.3, 0.4) is 0 Å². The standard InChI is InChI=1S/C17H14FN3O5S/c1-2-13-11-17(20(19-13)14-5-3-12(18)4-6-14)26-27(24,25)16-9-7-15(8-10-16)21(22)23/h3-11H,2H2,1H3. The van der Waals surface area contributed by atoms with Crippen LogP contribution in [0.4, 0.5) is 10.1 Å². The number of aromatic nitrogens is 2. The fraction of sp³-hybridized carbons (Fsp3) is 0.118. The Kier molecular flexibility index (Phi) is 4.91. The SMILES string of the molecule is CCc1cc(OS(=O)(=O)c2ccc([N+](=O)[O-])cc2)n(-c2ccc(F)cc2)n1. The third kappa shape index (κ3) is 3.95.